The number of nitrogens with one attached hydrogen (secondary N) is 1. The van der Waals surface area contributed by atoms with Crippen molar-refractivity contribution in [2.45, 2.75) is 0 Å². The molecule has 0 aliphatic carbocycles. The number of nitro benzene ring substituents is 1. The number of nitro groups is 1. The summed E-state index contributed by atoms with van der Waals surface area (Å²) < 4.78 is 0. The van der Waals surface area contributed by atoms with Gasteiger partial charge in [0.2, 0.25) is 5.91 Å². The Morgan fingerprint density at radius 1 is 1.11 bits per heavy atom. The van der Waals surface area contributed by atoms with E-state index in [-0.39, 0.29) is 11.6 Å². The van der Waals surface area contributed by atoms with E-state index in [0.29, 0.717) is 31.9 Å². The van der Waals surface area contributed by atoms with Crippen molar-refractivity contribution in [3.05, 3.63) is 70.3 Å². The number of piperazine rings is 1. The van der Waals surface area contributed by atoms with E-state index in [4.69, 9.17) is 0 Å². The van der Waals surface area contributed by atoms with Gasteiger partial charge < -0.3 is 15.1 Å². The zero-order valence-electron chi connectivity index (χ0n) is 15.2. The summed E-state index contributed by atoms with van der Waals surface area (Å²) in [7, 11) is 1.67. The molecule has 1 heterocycles. The molecule has 1 fully saturated rings. The van der Waals surface area contributed by atoms with E-state index in [1.165, 1.54) is 6.07 Å². The standard InChI is InChI=1S/C20H22N4O3/c1-21-18-15-17(8-9-19(18)24(26)27)22-11-13-23(14-12-22)20(25)10-7-16-5-3-2-4-6-16/h2-10,15,21H,11-14H2,1H3/b10-7+. The lowest BCUT2D eigenvalue weighted by Gasteiger charge is -2.35. The number of anilines is 2. The maximum Gasteiger partial charge on any atom is 0.292 e. The summed E-state index contributed by atoms with van der Waals surface area (Å²) in [6.07, 6.45) is 3.43. The van der Waals surface area contributed by atoms with E-state index >= 15 is 0 Å². The Kier molecular flexibility index (Phi) is 5.71. The van der Waals surface area contributed by atoms with Crippen molar-refractivity contribution in [2.75, 3.05) is 43.4 Å². The van der Waals surface area contributed by atoms with Crippen LogP contribution < -0.4 is 10.2 Å². The Bertz CT molecular complexity index is 844. The molecule has 7 nitrogen and oxygen atoms in total. The van der Waals surface area contributed by atoms with Crippen LogP contribution in [0, 0.1) is 10.1 Å². The van der Waals surface area contributed by atoms with Crippen LogP contribution >= 0.6 is 0 Å². The van der Waals surface area contributed by atoms with E-state index in [2.05, 4.69) is 10.2 Å². The third-order valence-corrected chi connectivity index (χ3v) is 4.62. The highest BCUT2D eigenvalue weighted by Gasteiger charge is 2.21. The highest BCUT2D eigenvalue weighted by molar-refractivity contribution is 5.92. The number of carbonyl (C=O) groups is 1. The molecule has 0 atom stereocenters. The molecule has 27 heavy (non-hydrogen) atoms. The van der Waals surface area contributed by atoms with Gasteiger partial charge in [0.05, 0.1) is 4.92 Å². The first kappa shape index (κ1) is 18.4. The fourth-order valence-electron chi connectivity index (χ4n) is 3.10. The van der Waals surface area contributed by atoms with Crippen LogP contribution in [-0.2, 0) is 4.79 Å². The molecule has 140 valence electrons. The van der Waals surface area contributed by atoms with Gasteiger partial charge in [0.15, 0.2) is 0 Å². The van der Waals surface area contributed by atoms with Gasteiger partial charge in [0.1, 0.15) is 5.69 Å². The monoisotopic (exact) mass is 366 g/mol. The quantitative estimate of drug-likeness (QED) is 0.500. The van der Waals surface area contributed by atoms with Gasteiger partial charge in [-0.2, -0.15) is 0 Å². The Balaban J connectivity index is 1.61. The van der Waals surface area contributed by atoms with Crippen molar-refractivity contribution in [1.82, 2.24) is 4.90 Å². The zero-order chi connectivity index (χ0) is 19.2. The molecule has 1 aliphatic rings. The number of hydrogen-bond donors (Lipinski definition) is 1. The molecule has 1 saturated heterocycles. The Morgan fingerprint density at radius 2 is 1.81 bits per heavy atom. The van der Waals surface area contributed by atoms with E-state index in [1.54, 1.807) is 25.3 Å². The first-order chi connectivity index (χ1) is 13.1. The van der Waals surface area contributed by atoms with Gasteiger partial charge in [-0.15, -0.1) is 0 Å². The van der Waals surface area contributed by atoms with Crippen molar-refractivity contribution in [3.63, 3.8) is 0 Å². The average molecular weight is 366 g/mol. The fraction of sp³-hybridized carbons (Fsp3) is 0.250. The summed E-state index contributed by atoms with van der Waals surface area (Å²) >= 11 is 0. The normalized spacial score (nSPS) is 14.4. The molecule has 2 aromatic carbocycles. The highest BCUT2D eigenvalue weighted by atomic mass is 16.6. The predicted octanol–water partition coefficient (Wildman–Crippen LogP) is 3.00. The van der Waals surface area contributed by atoms with E-state index < -0.39 is 4.92 Å². The number of nitrogens with zero attached hydrogens (tertiary/aromatic N) is 3. The van der Waals surface area contributed by atoms with Crippen LogP contribution in [0.4, 0.5) is 17.1 Å². The molecule has 1 amide bonds. The van der Waals surface area contributed by atoms with Crippen LogP contribution in [0.1, 0.15) is 5.56 Å². The SMILES string of the molecule is CNc1cc(N2CCN(C(=O)/C=C/c3ccccc3)CC2)ccc1[N+](=O)[O-]. The molecule has 0 radical (unpaired) electrons. The molecule has 1 N–H and O–H groups in total. The molecule has 7 heteroatoms. The Hall–Kier alpha value is -3.35. The van der Waals surface area contributed by atoms with E-state index in [0.717, 1.165) is 11.3 Å². The van der Waals surface area contributed by atoms with Crippen molar-refractivity contribution in [3.8, 4) is 0 Å². The molecule has 0 spiro atoms. The molecule has 0 saturated carbocycles. The first-order valence-electron chi connectivity index (χ1n) is 8.81. The van der Waals surface area contributed by atoms with Gasteiger partial charge in [-0.25, -0.2) is 0 Å². The summed E-state index contributed by atoms with van der Waals surface area (Å²) in [5, 5.41) is 13.9. The van der Waals surface area contributed by atoms with Gasteiger partial charge in [-0.1, -0.05) is 30.3 Å². The maximum atomic E-state index is 12.4. The van der Waals surface area contributed by atoms with Crippen LogP contribution in [0.15, 0.2) is 54.6 Å². The van der Waals surface area contributed by atoms with E-state index in [1.807, 2.05) is 41.3 Å². The van der Waals surface area contributed by atoms with Gasteiger partial charge in [-0.3, -0.25) is 14.9 Å². The van der Waals surface area contributed by atoms with Crippen molar-refractivity contribution in [1.29, 1.82) is 0 Å². The predicted molar refractivity (Wildman–Crippen MR) is 107 cm³/mol. The minimum atomic E-state index is -0.398. The highest BCUT2D eigenvalue weighted by Crippen LogP contribution is 2.29. The third kappa shape index (κ3) is 4.44. The van der Waals surface area contributed by atoms with Crippen LogP contribution in [0.3, 0.4) is 0 Å². The van der Waals surface area contributed by atoms with Crippen LogP contribution in [0.5, 0.6) is 0 Å². The first-order valence-corrected chi connectivity index (χ1v) is 8.81. The topological polar surface area (TPSA) is 78.7 Å². The molecule has 2 aromatic rings. The number of amides is 1. The molecule has 0 bridgehead atoms. The largest absolute Gasteiger partial charge is 0.383 e. The lowest BCUT2D eigenvalue weighted by molar-refractivity contribution is -0.383. The van der Waals surface area contributed by atoms with Gasteiger partial charge in [-0.05, 0) is 23.8 Å². The second-order valence-electron chi connectivity index (χ2n) is 6.26. The number of hydrogen-bond acceptors (Lipinski definition) is 5. The minimum Gasteiger partial charge on any atom is -0.383 e. The summed E-state index contributed by atoms with van der Waals surface area (Å²) in [5.74, 6) is -0.00174. The summed E-state index contributed by atoms with van der Waals surface area (Å²) in [6, 6.07) is 14.8. The Labute approximate surface area is 158 Å². The summed E-state index contributed by atoms with van der Waals surface area (Å²) in [6.45, 7) is 2.60. The molecular formula is C20H22N4O3. The molecule has 0 aromatic heterocycles. The lowest BCUT2D eigenvalue weighted by Crippen LogP contribution is -2.48. The minimum absolute atomic E-state index is 0.00174. The fourth-order valence-corrected chi connectivity index (χ4v) is 3.10. The second-order valence-corrected chi connectivity index (χ2v) is 6.26. The third-order valence-electron chi connectivity index (χ3n) is 4.62. The molecule has 0 unspecified atom stereocenters. The van der Waals surface area contributed by atoms with Crippen LogP contribution in [-0.4, -0.2) is 49.0 Å². The second kappa shape index (κ2) is 8.35. The van der Waals surface area contributed by atoms with Gasteiger partial charge in [0.25, 0.3) is 5.69 Å². The van der Waals surface area contributed by atoms with Crippen molar-refractivity contribution in [2.24, 2.45) is 0 Å². The van der Waals surface area contributed by atoms with Crippen LogP contribution in [0.2, 0.25) is 0 Å². The smallest absolute Gasteiger partial charge is 0.292 e. The summed E-state index contributed by atoms with van der Waals surface area (Å²) in [5.41, 5.74) is 2.45. The summed E-state index contributed by atoms with van der Waals surface area (Å²) in [4.78, 5) is 27.0. The van der Waals surface area contributed by atoms with Crippen molar-refractivity contribution < 1.29 is 9.72 Å². The van der Waals surface area contributed by atoms with Gasteiger partial charge in [0, 0.05) is 51.1 Å². The van der Waals surface area contributed by atoms with Gasteiger partial charge >= 0.3 is 0 Å². The number of benzene rings is 2. The maximum absolute atomic E-state index is 12.4. The molecule has 3 rings (SSSR count). The number of carbonyl (C=O) groups excluding carboxylic acids is 1. The van der Waals surface area contributed by atoms with Crippen molar-refractivity contribution >= 4 is 29.0 Å². The number of rotatable bonds is 5. The van der Waals surface area contributed by atoms with E-state index in [9.17, 15) is 14.9 Å². The Morgan fingerprint density at radius 3 is 2.44 bits per heavy atom. The van der Waals surface area contributed by atoms with Crippen LogP contribution in [0.25, 0.3) is 6.08 Å². The zero-order valence-corrected chi connectivity index (χ0v) is 15.2. The lowest BCUT2D eigenvalue weighted by atomic mass is 10.2. The molecular weight excluding hydrogens is 344 g/mol. The molecule has 1 aliphatic heterocycles. The average Bonchev–Trinajstić information content (AvgIpc) is 2.72.